The van der Waals surface area contributed by atoms with Crippen molar-refractivity contribution < 1.29 is 9.90 Å². The van der Waals surface area contributed by atoms with E-state index in [2.05, 4.69) is 10.3 Å². The van der Waals surface area contributed by atoms with Gasteiger partial charge in [-0.1, -0.05) is 35.9 Å². The van der Waals surface area contributed by atoms with Gasteiger partial charge < -0.3 is 10.4 Å². The average molecular weight is 381 g/mol. The molecule has 0 atom stereocenters. The van der Waals surface area contributed by atoms with E-state index < -0.39 is 0 Å². The number of para-hydroxylation sites is 1. The zero-order chi connectivity index (χ0) is 18.1. The molecule has 6 heteroatoms. The second-order valence-corrected chi connectivity index (χ2v) is 7.40. The van der Waals surface area contributed by atoms with E-state index in [1.165, 1.54) is 17.4 Å². The maximum Gasteiger partial charge on any atom is 0.256 e. The van der Waals surface area contributed by atoms with Gasteiger partial charge in [0.05, 0.1) is 26.0 Å². The number of aromatic nitrogens is 1. The lowest BCUT2D eigenvalue weighted by Gasteiger charge is -2.10. The Bertz CT molecular complexity index is 1120. The highest BCUT2D eigenvalue weighted by Gasteiger charge is 2.15. The van der Waals surface area contributed by atoms with Crippen molar-refractivity contribution >= 4 is 45.4 Å². The van der Waals surface area contributed by atoms with Gasteiger partial charge in [0, 0.05) is 17.1 Å². The number of carbonyl (C=O) groups is 1. The molecule has 4 rings (SSSR count). The highest BCUT2D eigenvalue weighted by molar-refractivity contribution is 7.19. The van der Waals surface area contributed by atoms with Gasteiger partial charge >= 0.3 is 0 Å². The van der Waals surface area contributed by atoms with Gasteiger partial charge in [0.15, 0.2) is 0 Å². The lowest BCUT2D eigenvalue weighted by atomic mass is 10.1. The fourth-order valence-electron chi connectivity index (χ4n) is 2.72. The summed E-state index contributed by atoms with van der Waals surface area (Å²) >= 11 is 7.45. The van der Waals surface area contributed by atoms with Crippen LogP contribution in [0.15, 0.2) is 66.7 Å². The average Bonchev–Trinajstić information content (AvgIpc) is 3.07. The summed E-state index contributed by atoms with van der Waals surface area (Å²) in [6, 6.07) is 19.4. The number of hydrogen-bond acceptors (Lipinski definition) is 4. The predicted molar refractivity (Wildman–Crippen MR) is 106 cm³/mol. The minimum absolute atomic E-state index is 0.0938. The number of hydrogen-bond donors (Lipinski definition) is 2. The number of halogens is 1. The zero-order valence-corrected chi connectivity index (χ0v) is 15.0. The molecular formula is C20H13ClN2O2S. The molecule has 0 aliphatic rings. The maximum atomic E-state index is 12.9. The summed E-state index contributed by atoms with van der Waals surface area (Å²) in [5.74, 6) is -0.172. The van der Waals surface area contributed by atoms with E-state index in [1.54, 1.807) is 24.3 Å². The summed E-state index contributed by atoms with van der Waals surface area (Å²) in [4.78, 5) is 18.4. The smallest absolute Gasteiger partial charge is 0.256 e. The number of anilines is 1. The van der Waals surface area contributed by atoms with Gasteiger partial charge in [0.2, 0.25) is 0 Å². The van der Waals surface area contributed by atoms with Crippen LogP contribution in [-0.2, 0) is 0 Å². The molecule has 2 heterocycles. The molecule has 0 aliphatic carbocycles. The van der Waals surface area contributed by atoms with Crippen LogP contribution >= 0.6 is 22.9 Å². The van der Waals surface area contributed by atoms with E-state index in [1.807, 2.05) is 36.4 Å². The Balaban J connectivity index is 1.81. The van der Waals surface area contributed by atoms with E-state index in [4.69, 9.17) is 11.6 Å². The lowest BCUT2D eigenvalue weighted by Crippen LogP contribution is -2.13. The number of amides is 1. The fourth-order valence-corrected chi connectivity index (χ4v) is 3.73. The van der Waals surface area contributed by atoms with Crippen molar-refractivity contribution in [3.05, 3.63) is 76.6 Å². The lowest BCUT2D eigenvalue weighted by molar-refractivity contribution is 0.102. The molecule has 2 N–H and O–H groups in total. The van der Waals surface area contributed by atoms with Crippen LogP contribution in [0, 0.1) is 0 Å². The number of pyridine rings is 1. The molecule has 1 amide bonds. The van der Waals surface area contributed by atoms with Crippen molar-refractivity contribution in [3.63, 3.8) is 0 Å². The molecular weight excluding hydrogens is 368 g/mol. The second kappa shape index (κ2) is 6.78. The summed E-state index contributed by atoms with van der Waals surface area (Å²) < 4.78 is 0.667. The normalized spacial score (nSPS) is 10.8. The van der Waals surface area contributed by atoms with Crippen LogP contribution in [-0.4, -0.2) is 16.0 Å². The van der Waals surface area contributed by atoms with Crippen LogP contribution in [0.1, 0.15) is 10.4 Å². The van der Waals surface area contributed by atoms with Crippen LogP contribution < -0.4 is 5.32 Å². The Hall–Kier alpha value is -2.89. The largest absolute Gasteiger partial charge is 0.508 e. The number of phenolic OH excluding ortho intramolecular Hbond substituents is 1. The third-order valence-corrected chi connectivity index (χ3v) is 5.14. The Kier molecular flexibility index (Phi) is 4.32. The molecule has 0 bridgehead atoms. The van der Waals surface area contributed by atoms with Crippen LogP contribution in [0.4, 0.5) is 5.69 Å². The van der Waals surface area contributed by atoms with Gasteiger partial charge in [0.25, 0.3) is 5.91 Å². The minimum atomic E-state index is -0.266. The van der Waals surface area contributed by atoms with Crippen LogP contribution in [0.2, 0.25) is 4.34 Å². The highest BCUT2D eigenvalue weighted by atomic mass is 35.5. The zero-order valence-electron chi connectivity index (χ0n) is 13.4. The number of benzene rings is 2. The first-order valence-electron chi connectivity index (χ1n) is 7.86. The first kappa shape index (κ1) is 16.6. The quantitative estimate of drug-likeness (QED) is 0.488. The molecule has 2 aromatic carbocycles. The van der Waals surface area contributed by atoms with Gasteiger partial charge in [-0.25, -0.2) is 4.98 Å². The van der Waals surface area contributed by atoms with Crippen molar-refractivity contribution in [2.75, 3.05) is 5.32 Å². The number of fused-ring (bicyclic) bond motifs is 1. The number of nitrogens with zero attached hydrogens (tertiary/aromatic N) is 1. The van der Waals surface area contributed by atoms with Crippen molar-refractivity contribution in [2.45, 2.75) is 0 Å². The number of rotatable bonds is 3. The van der Waals surface area contributed by atoms with E-state index >= 15 is 0 Å². The fraction of sp³-hybridized carbons (Fsp3) is 0. The molecule has 0 fully saturated rings. The van der Waals surface area contributed by atoms with Crippen molar-refractivity contribution in [2.24, 2.45) is 0 Å². The Morgan fingerprint density at radius 3 is 2.65 bits per heavy atom. The molecule has 0 aliphatic heterocycles. The third-order valence-electron chi connectivity index (χ3n) is 3.89. The molecule has 128 valence electrons. The first-order valence-corrected chi connectivity index (χ1v) is 9.05. The van der Waals surface area contributed by atoms with Crippen LogP contribution in [0.5, 0.6) is 5.75 Å². The SMILES string of the molecule is O=C(Nc1cccc(O)c1)c1cc(-c2ccc(Cl)s2)nc2ccccc12. The van der Waals surface area contributed by atoms with Gasteiger partial charge in [-0.15, -0.1) is 11.3 Å². The van der Waals surface area contributed by atoms with Gasteiger partial charge in [-0.2, -0.15) is 0 Å². The molecule has 0 saturated heterocycles. The molecule has 4 nitrogen and oxygen atoms in total. The van der Waals surface area contributed by atoms with Crippen molar-refractivity contribution in [3.8, 4) is 16.3 Å². The number of carbonyl (C=O) groups excluding carboxylic acids is 1. The molecule has 0 radical (unpaired) electrons. The van der Waals surface area contributed by atoms with E-state index in [-0.39, 0.29) is 11.7 Å². The van der Waals surface area contributed by atoms with E-state index in [0.717, 1.165) is 15.8 Å². The van der Waals surface area contributed by atoms with Crippen molar-refractivity contribution in [1.82, 2.24) is 4.98 Å². The summed E-state index contributed by atoms with van der Waals surface area (Å²) in [5.41, 5.74) is 2.47. The maximum absolute atomic E-state index is 12.9. The summed E-state index contributed by atoms with van der Waals surface area (Å²) in [7, 11) is 0. The Morgan fingerprint density at radius 2 is 1.88 bits per heavy atom. The van der Waals surface area contributed by atoms with Crippen molar-refractivity contribution in [1.29, 1.82) is 0 Å². The van der Waals surface area contributed by atoms with E-state index in [9.17, 15) is 9.90 Å². The minimum Gasteiger partial charge on any atom is -0.508 e. The van der Waals surface area contributed by atoms with Crippen LogP contribution in [0.3, 0.4) is 0 Å². The summed E-state index contributed by atoms with van der Waals surface area (Å²) in [6.07, 6.45) is 0. The van der Waals surface area contributed by atoms with Gasteiger partial charge in [0.1, 0.15) is 5.75 Å². The first-order chi connectivity index (χ1) is 12.6. The predicted octanol–water partition coefficient (Wildman–Crippen LogP) is 5.57. The molecule has 0 saturated carbocycles. The Morgan fingerprint density at radius 1 is 1.04 bits per heavy atom. The third kappa shape index (κ3) is 3.27. The molecule has 0 unspecified atom stereocenters. The highest BCUT2D eigenvalue weighted by Crippen LogP contribution is 2.32. The van der Waals surface area contributed by atoms with Gasteiger partial charge in [-0.05, 0) is 36.4 Å². The van der Waals surface area contributed by atoms with Crippen LogP contribution in [0.25, 0.3) is 21.5 Å². The van der Waals surface area contributed by atoms with Gasteiger partial charge in [-0.3, -0.25) is 4.79 Å². The Labute approximate surface area is 158 Å². The molecule has 2 aromatic heterocycles. The summed E-state index contributed by atoms with van der Waals surface area (Å²) in [6.45, 7) is 0. The number of phenols is 1. The standard InChI is InChI=1S/C20H13ClN2O2S/c21-19-9-8-18(26-19)17-11-15(14-6-1-2-7-16(14)23-17)20(25)22-12-4-3-5-13(24)10-12/h1-11,24H,(H,22,25). The molecule has 26 heavy (non-hydrogen) atoms. The number of nitrogens with one attached hydrogen (secondary N) is 1. The number of aromatic hydroxyl groups is 1. The monoisotopic (exact) mass is 380 g/mol. The second-order valence-electron chi connectivity index (χ2n) is 5.68. The molecule has 4 aromatic rings. The number of thiophene rings is 1. The summed E-state index contributed by atoms with van der Waals surface area (Å²) in [5, 5.41) is 13.2. The topological polar surface area (TPSA) is 62.2 Å². The molecule has 0 spiro atoms. The van der Waals surface area contributed by atoms with E-state index in [0.29, 0.717) is 21.3 Å².